The Labute approximate surface area is 416 Å². The maximum Gasteiger partial charge on any atom is 0.322 e. The van der Waals surface area contributed by atoms with Gasteiger partial charge in [0.25, 0.3) is 11.8 Å². The topological polar surface area (TPSA) is 380 Å². The van der Waals surface area contributed by atoms with Crippen LogP contribution in [0.1, 0.15) is 50.2 Å². The lowest BCUT2D eigenvalue weighted by Gasteiger charge is -2.52. The molecule has 2 aromatic carbocycles. The third kappa shape index (κ3) is 12.0. The minimum Gasteiger partial charge on any atom is -0.497 e. The lowest BCUT2D eigenvalue weighted by Crippen LogP contribution is -2.72. The summed E-state index contributed by atoms with van der Waals surface area (Å²) >= 11 is 0. The van der Waals surface area contributed by atoms with Gasteiger partial charge in [0.05, 0.1) is 12.5 Å². The van der Waals surface area contributed by atoms with Crippen molar-refractivity contribution in [2.24, 2.45) is 11.5 Å². The number of carboxylic acid groups (broad SMARTS) is 4. The molecule has 5 rings (SSSR count). The summed E-state index contributed by atoms with van der Waals surface area (Å²) < 4.78 is 5.45. The molecule has 2 saturated heterocycles. The molecule has 0 unspecified atom stereocenters. The molecule has 3 heterocycles. The fraction of sp³-hybridized carbons (Fsp3) is 0.476. The molecular weight excluding hydrogens is 999 g/mol. The summed E-state index contributed by atoms with van der Waals surface area (Å²) in [6.07, 6.45) is -2.31. The fourth-order valence-corrected chi connectivity index (χ4v) is 14.2. The number of nitrogens with zero attached hydrogens (tertiary/aromatic N) is 2. The smallest absolute Gasteiger partial charge is 0.322 e. The molecule has 13 N–H and O–H groups in total. The Morgan fingerprint density at radius 1 is 0.771 bits per heavy atom. The molecule has 70 heavy (non-hydrogen) atoms. The van der Waals surface area contributed by atoms with Gasteiger partial charge in [0, 0.05) is 43.5 Å². The summed E-state index contributed by atoms with van der Waals surface area (Å²) in [5, 5.41) is 49.7. The first-order valence-electron chi connectivity index (χ1n) is 21.3. The molecule has 2 fully saturated rings. The maximum absolute atomic E-state index is 15.6. The number of hydrogen-bond donors (Lipinski definition) is 11. The molecule has 0 saturated carbocycles. The van der Waals surface area contributed by atoms with Crippen LogP contribution in [0.25, 0.3) is 0 Å². The third-order valence-corrected chi connectivity index (χ3v) is 17.9. The van der Waals surface area contributed by atoms with Gasteiger partial charge in [-0.2, -0.15) is 0 Å². The molecule has 24 nitrogen and oxygen atoms in total. The molecule has 3 aliphatic rings. The lowest BCUT2D eigenvalue weighted by atomic mass is 9.72. The van der Waals surface area contributed by atoms with E-state index in [9.17, 15) is 53.7 Å². The number of carbonyl (C=O) groups excluding carboxylic acids is 6. The number of ether oxygens (including phenoxy) is 1. The molecule has 0 bridgehead atoms. The van der Waals surface area contributed by atoms with Crippen molar-refractivity contribution in [3.8, 4) is 5.75 Å². The van der Waals surface area contributed by atoms with Crippen molar-refractivity contribution in [2.75, 3.05) is 44.1 Å². The first kappa shape index (κ1) is 55.0. The molecule has 6 amide bonds. The van der Waals surface area contributed by atoms with Crippen molar-refractivity contribution in [2.45, 2.75) is 84.5 Å². The Morgan fingerprint density at radius 3 is 1.76 bits per heavy atom. The highest BCUT2D eigenvalue weighted by Crippen LogP contribution is 2.65. The first-order valence-corrected chi connectivity index (χ1v) is 25.9. The van der Waals surface area contributed by atoms with E-state index in [1.54, 1.807) is 12.1 Å². The van der Waals surface area contributed by atoms with Gasteiger partial charge in [0.2, 0.25) is 23.6 Å². The average Bonchev–Trinajstić information content (AvgIpc) is 3.80. The van der Waals surface area contributed by atoms with Gasteiger partial charge in [0.1, 0.15) is 49.2 Å². The normalized spacial score (nSPS) is 22.7. The van der Waals surface area contributed by atoms with Gasteiger partial charge in [-0.05, 0) is 49.1 Å². The van der Waals surface area contributed by atoms with E-state index in [1.807, 2.05) is 36.4 Å². The standard InChI is InChI=1S/C42H53N9O15S4/c1-40(69-67-18-27(33(58)45-16-31(54)55)47-29(52)14-12-24(43)35(60)61)38(64)51-37-41(21-8-10-22(66-3)11-9-21,23-6-4-5-7-26(23)49-37)20-42(51,39(65)50(40)2)70-68-19-28(34(59)46-17-32(56)57)48-30(53)15-13-25(44)36(62)63/h4-11,24-25,27-28,37,49H,12-20,43-44H2,1-3H3,(H,45,58)(H,46,59)(H,47,52)(H,48,53)(H,54,55)(H,56,57)(H,60,61)(H,62,63)/t24-,25-,27-,28-,37+,40-,41-,42-/m0/s1. The van der Waals surface area contributed by atoms with Crippen molar-refractivity contribution in [1.82, 2.24) is 31.1 Å². The van der Waals surface area contributed by atoms with E-state index in [1.165, 1.54) is 30.9 Å². The number of nitrogens with two attached hydrogens (primary N) is 2. The number of carbonyl (C=O) groups is 10. The van der Waals surface area contributed by atoms with Crippen LogP contribution < -0.4 is 42.8 Å². The van der Waals surface area contributed by atoms with Crippen molar-refractivity contribution in [3.63, 3.8) is 0 Å². The SMILES string of the molecule is COc1ccc([C@]23C[C@]4(SSC[C@H](NC(=O)CC[C@H](N)C(=O)O)C(=O)NCC(=O)O)C(=O)N(C)[C@@](C)(SSC[C@H](NC(=O)CC[C@H](N)C(=O)O)C(=O)NCC(=O)O)C(=O)N4[C@H]2Nc2ccccc23)cc1. The molecule has 28 heteroatoms. The van der Waals surface area contributed by atoms with E-state index >= 15 is 9.59 Å². The highest BCUT2D eigenvalue weighted by molar-refractivity contribution is 8.77. The lowest BCUT2D eigenvalue weighted by molar-refractivity contribution is -0.162. The molecule has 3 aliphatic heterocycles. The van der Waals surface area contributed by atoms with Gasteiger partial charge >= 0.3 is 23.9 Å². The van der Waals surface area contributed by atoms with Crippen LogP contribution in [0, 0.1) is 0 Å². The summed E-state index contributed by atoms with van der Waals surface area (Å²) in [5.74, 6) is -9.90. The zero-order valence-corrected chi connectivity index (χ0v) is 41.1. The van der Waals surface area contributed by atoms with E-state index in [-0.39, 0.29) is 37.2 Å². The summed E-state index contributed by atoms with van der Waals surface area (Å²) in [5.41, 5.74) is 12.1. The van der Waals surface area contributed by atoms with Crippen LogP contribution in [-0.4, -0.2) is 168 Å². The van der Waals surface area contributed by atoms with Gasteiger partial charge < -0.3 is 68.1 Å². The van der Waals surface area contributed by atoms with Crippen molar-refractivity contribution < 1.29 is 73.1 Å². The monoisotopic (exact) mass is 1050 g/mol. The largest absolute Gasteiger partial charge is 0.497 e. The van der Waals surface area contributed by atoms with Crippen molar-refractivity contribution >= 4 is 108 Å². The third-order valence-electron chi connectivity index (χ3n) is 11.8. The summed E-state index contributed by atoms with van der Waals surface area (Å²) in [6, 6.07) is 8.94. The predicted molar refractivity (Wildman–Crippen MR) is 258 cm³/mol. The second kappa shape index (κ2) is 23.3. The molecular formula is C42H53N9O15S4. The number of nitrogens with one attached hydrogen (secondary N) is 5. The highest BCUT2D eigenvalue weighted by Gasteiger charge is 2.74. The second-order valence-corrected chi connectivity index (χ2v) is 21.8. The molecule has 0 aromatic heterocycles. The summed E-state index contributed by atoms with van der Waals surface area (Å²) in [6.45, 7) is -0.0844. The first-order chi connectivity index (χ1) is 33.0. The number of aliphatic carboxylic acids is 4. The maximum atomic E-state index is 15.6. The Balaban J connectivity index is 1.51. The number of likely N-dealkylation sites (N-methyl/N-ethyl adjacent to an activating group) is 1. The number of benzene rings is 2. The predicted octanol–water partition coefficient (Wildman–Crippen LogP) is -0.632. The summed E-state index contributed by atoms with van der Waals surface area (Å²) in [7, 11) is 6.63. The van der Waals surface area contributed by atoms with Gasteiger partial charge in [0.15, 0.2) is 9.74 Å². The Morgan fingerprint density at radius 2 is 1.27 bits per heavy atom. The quantitative estimate of drug-likeness (QED) is 0.0522. The number of piperazine rings is 1. The van der Waals surface area contributed by atoms with E-state index < -0.39 is 124 Å². The molecule has 380 valence electrons. The van der Waals surface area contributed by atoms with Gasteiger partial charge in [-0.1, -0.05) is 73.5 Å². The van der Waals surface area contributed by atoms with Crippen LogP contribution in [0.3, 0.4) is 0 Å². The van der Waals surface area contributed by atoms with E-state index in [2.05, 4.69) is 26.6 Å². The fourth-order valence-electron chi connectivity index (χ4n) is 8.05. The minimum atomic E-state index is -1.77. The zero-order valence-electron chi connectivity index (χ0n) is 37.8. The molecule has 0 spiro atoms. The molecule has 0 radical (unpaired) electrons. The molecule has 0 aliphatic carbocycles. The van der Waals surface area contributed by atoms with Crippen LogP contribution in [0.15, 0.2) is 48.5 Å². The van der Waals surface area contributed by atoms with Crippen LogP contribution >= 0.6 is 43.2 Å². The van der Waals surface area contributed by atoms with Crippen LogP contribution in [-0.2, 0) is 53.4 Å². The average molecular weight is 1050 g/mol. The van der Waals surface area contributed by atoms with Crippen molar-refractivity contribution in [1.29, 1.82) is 0 Å². The summed E-state index contributed by atoms with van der Waals surface area (Å²) in [4.78, 5) is 128. The number of anilines is 1. The minimum absolute atomic E-state index is 0.0415. The van der Waals surface area contributed by atoms with E-state index in [4.69, 9.17) is 21.3 Å². The zero-order chi connectivity index (χ0) is 51.7. The van der Waals surface area contributed by atoms with Crippen molar-refractivity contribution in [3.05, 3.63) is 59.7 Å². The second-order valence-electron chi connectivity index (χ2n) is 16.4. The van der Waals surface area contributed by atoms with Gasteiger partial charge in [-0.25, -0.2) is 0 Å². The van der Waals surface area contributed by atoms with Crippen LogP contribution in [0.4, 0.5) is 5.69 Å². The number of rotatable bonds is 26. The van der Waals surface area contributed by atoms with Crippen LogP contribution in [0.2, 0.25) is 0 Å². The number of carboxylic acids is 4. The number of methoxy groups -OCH3 is 1. The molecule has 8 atom stereocenters. The van der Waals surface area contributed by atoms with Gasteiger partial charge in [-0.15, -0.1) is 0 Å². The number of fused-ring (bicyclic) bond motifs is 5. The number of para-hydroxylation sites is 1. The molecule has 2 aromatic rings. The van der Waals surface area contributed by atoms with Crippen LogP contribution in [0.5, 0.6) is 5.75 Å². The number of hydrogen-bond acceptors (Lipinski definition) is 18. The highest BCUT2D eigenvalue weighted by atomic mass is 33.1. The van der Waals surface area contributed by atoms with E-state index in [0.29, 0.717) is 17.0 Å². The Kier molecular flexibility index (Phi) is 18.3. The number of amides is 6. The Hall–Kier alpha value is -5.94. The Bertz CT molecular complexity index is 2390. The van der Waals surface area contributed by atoms with Gasteiger partial charge in [-0.3, -0.25) is 52.8 Å². The van der Waals surface area contributed by atoms with E-state index in [0.717, 1.165) is 48.7 Å².